The minimum absolute atomic E-state index is 0.0741. The van der Waals surface area contributed by atoms with Crippen molar-refractivity contribution in [1.29, 1.82) is 0 Å². The molecular formula is C21H23N7O2S. The Bertz CT molecular complexity index is 1380. The molecule has 0 aliphatic carbocycles. The molecule has 0 saturated heterocycles. The molecule has 4 N–H and O–H groups in total. The van der Waals surface area contributed by atoms with Crippen molar-refractivity contribution in [1.82, 2.24) is 19.7 Å². The van der Waals surface area contributed by atoms with Gasteiger partial charge in [0.2, 0.25) is 16.0 Å². The van der Waals surface area contributed by atoms with Crippen molar-refractivity contribution in [2.75, 3.05) is 10.6 Å². The molecule has 0 saturated carbocycles. The summed E-state index contributed by atoms with van der Waals surface area (Å²) in [5.41, 5.74) is 4.26. The van der Waals surface area contributed by atoms with Gasteiger partial charge < -0.3 is 10.6 Å². The van der Waals surface area contributed by atoms with Gasteiger partial charge in [-0.05, 0) is 49.2 Å². The van der Waals surface area contributed by atoms with E-state index in [0.29, 0.717) is 29.6 Å². The lowest BCUT2D eigenvalue weighted by molar-refractivity contribution is 0.597. The lowest BCUT2D eigenvalue weighted by Crippen LogP contribution is -2.14. The first kappa shape index (κ1) is 20.8. The number of nitrogens with one attached hydrogen (secondary N) is 2. The predicted molar refractivity (Wildman–Crippen MR) is 121 cm³/mol. The topological polar surface area (TPSA) is 128 Å². The van der Waals surface area contributed by atoms with E-state index in [1.165, 1.54) is 6.07 Å². The van der Waals surface area contributed by atoms with E-state index < -0.39 is 10.0 Å². The van der Waals surface area contributed by atoms with Crippen LogP contribution in [0.2, 0.25) is 0 Å². The Morgan fingerprint density at radius 2 is 1.94 bits per heavy atom. The lowest BCUT2D eigenvalue weighted by atomic mass is 10.1. The van der Waals surface area contributed by atoms with Crippen LogP contribution in [0.25, 0.3) is 10.9 Å². The summed E-state index contributed by atoms with van der Waals surface area (Å²) in [5.74, 6) is 0.977. The summed E-state index contributed by atoms with van der Waals surface area (Å²) < 4.78 is 25.4. The first-order valence-electron chi connectivity index (χ1n) is 9.61. The number of nitrogens with zero attached hydrogens (tertiary/aromatic N) is 4. The maximum absolute atomic E-state index is 11.7. The second kappa shape index (κ2) is 7.97. The van der Waals surface area contributed by atoms with Crippen LogP contribution in [0.1, 0.15) is 16.8 Å². The summed E-state index contributed by atoms with van der Waals surface area (Å²) in [7, 11) is -1.87. The van der Waals surface area contributed by atoms with Gasteiger partial charge in [0.25, 0.3) is 0 Å². The van der Waals surface area contributed by atoms with E-state index in [9.17, 15) is 8.42 Å². The highest BCUT2D eigenvalue weighted by Gasteiger charge is 2.14. The van der Waals surface area contributed by atoms with Crippen LogP contribution in [-0.2, 0) is 23.6 Å². The van der Waals surface area contributed by atoms with Crippen molar-refractivity contribution in [3.63, 3.8) is 0 Å². The number of nitrogens with two attached hydrogens (primary N) is 1. The molecule has 0 bridgehead atoms. The van der Waals surface area contributed by atoms with Gasteiger partial charge in [0.05, 0.1) is 10.4 Å². The van der Waals surface area contributed by atoms with E-state index in [1.807, 2.05) is 30.8 Å². The number of aryl methyl sites for hydroxylation is 2. The van der Waals surface area contributed by atoms with Crippen LogP contribution in [0, 0.1) is 13.8 Å². The zero-order valence-corrected chi connectivity index (χ0v) is 18.2. The number of rotatable bonds is 6. The fourth-order valence-electron chi connectivity index (χ4n) is 3.38. The summed E-state index contributed by atoms with van der Waals surface area (Å²) in [6.07, 6.45) is 1.63. The van der Waals surface area contributed by atoms with Crippen molar-refractivity contribution in [2.24, 2.45) is 12.2 Å². The van der Waals surface area contributed by atoms with E-state index in [-0.39, 0.29) is 4.90 Å². The van der Waals surface area contributed by atoms with Crippen LogP contribution in [0.3, 0.4) is 0 Å². The molecule has 0 radical (unpaired) electrons. The van der Waals surface area contributed by atoms with Crippen molar-refractivity contribution in [2.45, 2.75) is 25.3 Å². The van der Waals surface area contributed by atoms with Gasteiger partial charge in [-0.1, -0.05) is 18.2 Å². The van der Waals surface area contributed by atoms with E-state index in [2.05, 4.69) is 31.8 Å². The Kier molecular flexibility index (Phi) is 5.34. The van der Waals surface area contributed by atoms with Gasteiger partial charge in [0, 0.05) is 36.6 Å². The van der Waals surface area contributed by atoms with Crippen LogP contribution in [0.5, 0.6) is 0 Å². The fourth-order valence-corrected chi connectivity index (χ4v) is 4.18. The van der Waals surface area contributed by atoms with Gasteiger partial charge in [-0.2, -0.15) is 10.1 Å². The molecule has 0 aliphatic rings. The van der Waals surface area contributed by atoms with Crippen LogP contribution in [-0.4, -0.2) is 28.2 Å². The molecule has 4 aromatic rings. The molecule has 9 nitrogen and oxygen atoms in total. The molecule has 0 fully saturated rings. The monoisotopic (exact) mass is 437 g/mol. The molecule has 10 heteroatoms. The third-order valence-electron chi connectivity index (χ3n) is 5.15. The Labute approximate surface area is 180 Å². The summed E-state index contributed by atoms with van der Waals surface area (Å²) >= 11 is 0. The molecule has 0 aliphatic heterocycles. The maximum atomic E-state index is 11.7. The molecule has 31 heavy (non-hydrogen) atoms. The molecule has 2 aromatic heterocycles. The third kappa shape index (κ3) is 4.35. The number of aromatic nitrogens is 4. The average molecular weight is 438 g/mol. The second-order valence-corrected chi connectivity index (χ2v) is 8.81. The molecule has 160 valence electrons. The standard InChI is InChI=1S/C21H23N7O2S/c1-13-17(5-4-6-19(13)31(22,29)30)25-20-9-10-23-21(26-20)24-12-15-7-8-16-14(2)28(3)27-18(16)11-15/h4-11H,12H2,1-3H3,(H2,22,29,30)(H2,23,24,25,26). The normalized spacial score (nSPS) is 11.6. The first-order chi connectivity index (χ1) is 14.7. The first-order valence-corrected chi connectivity index (χ1v) is 11.2. The van der Waals surface area contributed by atoms with Gasteiger partial charge >= 0.3 is 0 Å². The third-order valence-corrected chi connectivity index (χ3v) is 6.21. The van der Waals surface area contributed by atoms with Gasteiger partial charge in [-0.15, -0.1) is 0 Å². The number of hydrogen-bond donors (Lipinski definition) is 3. The Morgan fingerprint density at radius 1 is 1.13 bits per heavy atom. The predicted octanol–water partition coefficient (Wildman–Crippen LogP) is 2.98. The summed E-state index contributed by atoms with van der Waals surface area (Å²) in [4.78, 5) is 8.80. The fraction of sp³-hybridized carbons (Fsp3) is 0.190. The Balaban J connectivity index is 1.50. The molecule has 2 aromatic carbocycles. The highest BCUT2D eigenvalue weighted by Crippen LogP contribution is 2.25. The Hall–Kier alpha value is -3.50. The average Bonchev–Trinajstić information content (AvgIpc) is 3.00. The Morgan fingerprint density at radius 3 is 2.71 bits per heavy atom. The lowest BCUT2D eigenvalue weighted by Gasteiger charge is -2.12. The van der Waals surface area contributed by atoms with Crippen LogP contribution >= 0.6 is 0 Å². The van der Waals surface area contributed by atoms with Crippen molar-refractivity contribution >= 4 is 38.4 Å². The zero-order valence-electron chi connectivity index (χ0n) is 17.4. The molecule has 0 spiro atoms. The molecule has 2 heterocycles. The minimum Gasteiger partial charge on any atom is -0.350 e. The van der Waals surface area contributed by atoms with Gasteiger partial charge in [0.15, 0.2) is 0 Å². The van der Waals surface area contributed by atoms with Crippen LogP contribution in [0.4, 0.5) is 17.5 Å². The maximum Gasteiger partial charge on any atom is 0.238 e. The largest absolute Gasteiger partial charge is 0.350 e. The quantitative estimate of drug-likeness (QED) is 0.423. The van der Waals surface area contributed by atoms with Gasteiger partial charge in [-0.3, -0.25) is 4.68 Å². The molecule has 0 atom stereocenters. The van der Waals surface area contributed by atoms with E-state index >= 15 is 0 Å². The number of hydrogen-bond acceptors (Lipinski definition) is 7. The van der Waals surface area contributed by atoms with Crippen molar-refractivity contribution < 1.29 is 8.42 Å². The molecule has 4 rings (SSSR count). The number of benzene rings is 2. The van der Waals surface area contributed by atoms with Gasteiger partial charge in [0.1, 0.15) is 5.82 Å². The number of fused-ring (bicyclic) bond motifs is 1. The van der Waals surface area contributed by atoms with Crippen molar-refractivity contribution in [3.8, 4) is 0 Å². The van der Waals surface area contributed by atoms with Crippen molar-refractivity contribution in [3.05, 3.63) is 65.5 Å². The van der Waals surface area contributed by atoms with Gasteiger partial charge in [-0.25, -0.2) is 18.5 Å². The highest BCUT2D eigenvalue weighted by molar-refractivity contribution is 7.89. The number of anilines is 3. The minimum atomic E-state index is -3.80. The van der Waals surface area contributed by atoms with E-state index in [1.54, 1.807) is 31.3 Å². The smallest absolute Gasteiger partial charge is 0.238 e. The van der Waals surface area contributed by atoms with E-state index in [4.69, 9.17) is 5.14 Å². The van der Waals surface area contributed by atoms with Crippen LogP contribution in [0.15, 0.2) is 53.6 Å². The summed E-state index contributed by atoms with van der Waals surface area (Å²) in [6.45, 7) is 4.27. The number of primary sulfonamides is 1. The van der Waals surface area contributed by atoms with Crippen LogP contribution < -0.4 is 15.8 Å². The summed E-state index contributed by atoms with van der Waals surface area (Å²) in [5, 5.41) is 17.3. The zero-order chi connectivity index (χ0) is 22.2. The van der Waals surface area contributed by atoms with E-state index in [0.717, 1.165) is 22.2 Å². The highest BCUT2D eigenvalue weighted by atomic mass is 32.2. The SMILES string of the molecule is Cc1c(Nc2ccnc(NCc3ccc4c(C)n(C)nc4c3)n2)cccc1S(N)(=O)=O. The summed E-state index contributed by atoms with van der Waals surface area (Å²) in [6, 6.07) is 12.7. The molecular weight excluding hydrogens is 414 g/mol. The molecule has 0 amide bonds. The second-order valence-electron chi connectivity index (χ2n) is 7.28. The number of sulfonamides is 1. The molecule has 0 unspecified atom stereocenters.